The topological polar surface area (TPSA) is 255 Å². The highest BCUT2D eigenvalue weighted by atomic mass is 16.3. The number of nitrogens with one attached hydrogen (secondary N) is 5. The van der Waals surface area contributed by atoms with E-state index in [1.807, 2.05) is 27.7 Å². The van der Waals surface area contributed by atoms with E-state index < -0.39 is 65.7 Å². The maximum absolute atomic E-state index is 13.7. The third-order valence-electron chi connectivity index (χ3n) is 7.98. The number of nitrogens with two attached hydrogens (primary N) is 2. The van der Waals surface area contributed by atoms with Gasteiger partial charge in [-0.15, -0.1) is 0 Å². The first-order valence-electron chi connectivity index (χ1n) is 17.0. The van der Waals surface area contributed by atoms with E-state index in [9.17, 15) is 39.0 Å². The molecule has 0 aliphatic heterocycles. The zero-order valence-electron chi connectivity index (χ0n) is 29.9. The van der Waals surface area contributed by atoms with Crippen molar-refractivity contribution in [3.63, 3.8) is 0 Å². The highest BCUT2D eigenvalue weighted by Crippen LogP contribution is 2.14. The number of carbonyl (C=O) groups is 6. The number of hydrogen-bond donors (Lipinski definition) is 9. The van der Waals surface area contributed by atoms with Gasteiger partial charge in [-0.2, -0.15) is 0 Å². The molecule has 2 rings (SSSR count). The van der Waals surface area contributed by atoms with E-state index in [0.717, 1.165) is 0 Å². The van der Waals surface area contributed by atoms with E-state index in [0.29, 0.717) is 11.1 Å². The molecule has 15 heteroatoms. The lowest BCUT2D eigenvalue weighted by Gasteiger charge is -2.28. The average molecular weight is 712 g/mol. The molecule has 0 spiro atoms. The summed E-state index contributed by atoms with van der Waals surface area (Å²) in [4.78, 5) is 78.4. The van der Waals surface area contributed by atoms with Gasteiger partial charge in [0.15, 0.2) is 0 Å². The molecule has 0 aromatic heterocycles. The first-order chi connectivity index (χ1) is 24.0. The molecule has 0 aliphatic rings. The van der Waals surface area contributed by atoms with Crippen molar-refractivity contribution in [2.75, 3.05) is 7.05 Å². The Kier molecular flexibility index (Phi) is 16.9. The second-order valence-electron chi connectivity index (χ2n) is 13.5. The molecule has 0 radical (unpaired) electrons. The van der Waals surface area contributed by atoms with Crippen LogP contribution in [0, 0.1) is 11.8 Å². The Morgan fingerprint density at radius 2 is 0.980 bits per heavy atom. The highest BCUT2D eigenvalue weighted by Gasteiger charge is 2.32. The predicted molar refractivity (Wildman–Crippen MR) is 191 cm³/mol. The monoisotopic (exact) mass is 711 g/mol. The number of benzene rings is 2. The Balaban J connectivity index is 2.24. The summed E-state index contributed by atoms with van der Waals surface area (Å²) in [6, 6.07) is 6.80. The third kappa shape index (κ3) is 15.1. The normalized spacial score (nSPS) is 14.0. The highest BCUT2D eigenvalue weighted by molar-refractivity contribution is 5.96. The largest absolute Gasteiger partial charge is 0.508 e. The maximum Gasteiger partial charge on any atom is 0.243 e. The molecule has 6 amide bonds. The third-order valence-corrected chi connectivity index (χ3v) is 7.98. The molecule has 11 N–H and O–H groups in total. The van der Waals surface area contributed by atoms with Crippen LogP contribution in [-0.4, -0.2) is 82.9 Å². The van der Waals surface area contributed by atoms with E-state index in [4.69, 9.17) is 11.5 Å². The van der Waals surface area contributed by atoms with Crippen LogP contribution in [0.5, 0.6) is 11.5 Å². The summed E-state index contributed by atoms with van der Waals surface area (Å²) in [5, 5.41) is 32.3. The summed E-state index contributed by atoms with van der Waals surface area (Å²) in [5.74, 6) is -3.89. The number of carbonyl (C=O) groups excluding carboxylic acids is 6. The molecule has 2 aromatic rings. The molecule has 2 aromatic carbocycles. The van der Waals surface area contributed by atoms with E-state index in [1.165, 1.54) is 31.3 Å². The van der Waals surface area contributed by atoms with Crippen LogP contribution < -0.4 is 38.1 Å². The average Bonchev–Trinajstić information content (AvgIpc) is 3.06. The molecule has 15 nitrogen and oxygen atoms in total. The van der Waals surface area contributed by atoms with E-state index in [1.54, 1.807) is 24.3 Å². The molecule has 280 valence electrons. The van der Waals surface area contributed by atoms with Gasteiger partial charge in [0.05, 0.1) is 6.04 Å². The maximum atomic E-state index is 13.7. The Hall–Kier alpha value is -5.18. The number of rotatable bonds is 20. The lowest BCUT2D eigenvalue weighted by molar-refractivity contribution is -0.135. The fraction of sp³-hybridized carbons (Fsp3) is 0.500. The minimum absolute atomic E-state index is 0.0246. The van der Waals surface area contributed by atoms with Crippen LogP contribution in [0.2, 0.25) is 0 Å². The summed E-state index contributed by atoms with van der Waals surface area (Å²) >= 11 is 0. The van der Waals surface area contributed by atoms with Gasteiger partial charge in [0, 0.05) is 19.9 Å². The Labute approximate surface area is 298 Å². The van der Waals surface area contributed by atoms with Gasteiger partial charge in [-0.25, -0.2) is 0 Å². The van der Waals surface area contributed by atoms with Gasteiger partial charge in [0.25, 0.3) is 0 Å². The van der Waals surface area contributed by atoms with Crippen molar-refractivity contribution in [3.8, 4) is 11.5 Å². The molecule has 0 bridgehead atoms. The predicted octanol–water partition coefficient (Wildman–Crippen LogP) is 0.253. The van der Waals surface area contributed by atoms with E-state index in [2.05, 4.69) is 26.6 Å². The lowest BCUT2D eigenvalue weighted by atomic mass is 9.99. The fourth-order valence-electron chi connectivity index (χ4n) is 5.29. The smallest absolute Gasteiger partial charge is 0.243 e. The minimum atomic E-state index is -1.30. The molecule has 0 heterocycles. The standard InChI is InChI=1S/C36H53N7O8/c1-20(2)16-28(41-32(47)26(37)18-22-6-10-24(44)11-7-22)36(51)42-29(17-21(3)4)35(50)40-27(14-15-31(38)46)34(49)43-30(33(48)39-5)19-23-8-12-25(45)13-9-23/h6-13,20-21,26-30,44-45H,14-19,37H2,1-5H3,(H2,38,46)(H,39,48)(H,40,50)(H,41,47)(H,42,51)(H,43,49)/t26-,27-,28-,29-,30-/m0/s1. The van der Waals surface area contributed by atoms with Crippen molar-refractivity contribution < 1.29 is 39.0 Å². The Morgan fingerprint density at radius 3 is 1.41 bits per heavy atom. The van der Waals surface area contributed by atoms with Crippen LogP contribution in [0.15, 0.2) is 48.5 Å². The number of hydrogen-bond acceptors (Lipinski definition) is 9. The molecular weight excluding hydrogens is 658 g/mol. The van der Waals surface area contributed by atoms with Crippen LogP contribution in [-0.2, 0) is 41.6 Å². The summed E-state index contributed by atoms with van der Waals surface area (Å²) in [5.41, 5.74) is 12.9. The SMILES string of the molecule is CNC(=O)[C@H](Cc1ccc(O)cc1)NC(=O)[C@H](CCC(N)=O)NC(=O)[C@H](CC(C)C)NC(=O)[C@H](CC(C)C)NC(=O)[C@@H](N)Cc1ccc(O)cc1. The molecule has 5 atom stereocenters. The van der Waals surface area contributed by atoms with Gasteiger partial charge in [-0.3, -0.25) is 28.8 Å². The van der Waals surface area contributed by atoms with E-state index in [-0.39, 0.29) is 61.9 Å². The first kappa shape index (κ1) is 42.0. The van der Waals surface area contributed by atoms with Gasteiger partial charge in [0.1, 0.15) is 35.7 Å². The molecule has 0 unspecified atom stereocenters. The molecular formula is C36H53N7O8. The van der Waals surface area contributed by atoms with Gasteiger partial charge in [0.2, 0.25) is 35.4 Å². The van der Waals surface area contributed by atoms with Crippen LogP contribution >= 0.6 is 0 Å². The number of amides is 6. The lowest BCUT2D eigenvalue weighted by Crippen LogP contribution is -2.59. The summed E-state index contributed by atoms with van der Waals surface area (Å²) in [7, 11) is 1.40. The molecule has 0 aliphatic carbocycles. The van der Waals surface area contributed by atoms with E-state index >= 15 is 0 Å². The second kappa shape index (κ2) is 20.5. The van der Waals surface area contributed by atoms with Crippen molar-refractivity contribution in [2.45, 2.75) is 96.4 Å². The van der Waals surface area contributed by atoms with Crippen molar-refractivity contribution >= 4 is 35.4 Å². The van der Waals surface area contributed by atoms with Crippen molar-refractivity contribution in [1.82, 2.24) is 26.6 Å². The molecule has 0 saturated carbocycles. The van der Waals surface area contributed by atoms with Crippen molar-refractivity contribution in [2.24, 2.45) is 23.3 Å². The summed E-state index contributed by atoms with van der Waals surface area (Å²) in [6.07, 6.45) is 0.201. The Morgan fingerprint density at radius 1 is 0.588 bits per heavy atom. The van der Waals surface area contributed by atoms with Gasteiger partial charge in [-0.1, -0.05) is 52.0 Å². The number of phenolic OH excluding ortho intramolecular Hbond substituents is 2. The number of likely N-dealkylation sites (N-methyl/N-ethyl adjacent to an activating group) is 1. The number of primary amides is 1. The number of aromatic hydroxyl groups is 2. The van der Waals surface area contributed by atoms with Crippen LogP contribution in [0.25, 0.3) is 0 Å². The fourth-order valence-corrected chi connectivity index (χ4v) is 5.29. The zero-order chi connectivity index (χ0) is 38.2. The van der Waals surface area contributed by atoms with Crippen LogP contribution in [0.4, 0.5) is 0 Å². The van der Waals surface area contributed by atoms with Gasteiger partial charge in [-0.05, 0) is 72.9 Å². The summed E-state index contributed by atoms with van der Waals surface area (Å²) in [6.45, 7) is 7.43. The van der Waals surface area contributed by atoms with Crippen LogP contribution in [0.3, 0.4) is 0 Å². The van der Waals surface area contributed by atoms with Crippen LogP contribution in [0.1, 0.15) is 64.5 Å². The van der Waals surface area contributed by atoms with Gasteiger partial charge < -0.3 is 48.3 Å². The summed E-state index contributed by atoms with van der Waals surface area (Å²) < 4.78 is 0. The second-order valence-corrected chi connectivity index (χ2v) is 13.5. The van der Waals surface area contributed by atoms with Crippen molar-refractivity contribution in [3.05, 3.63) is 59.7 Å². The number of phenols is 2. The quantitative estimate of drug-likeness (QED) is 0.0911. The molecule has 0 fully saturated rings. The first-order valence-corrected chi connectivity index (χ1v) is 17.0. The molecule has 51 heavy (non-hydrogen) atoms. The zero-order valence-corrected chi connectivity index (χ0v) is 29.9. The Bertz CT molecular complexity index is 1480. The minimum Gasteiger partial charge on any atom is -0.508 e. The molecule has 0 saturated heterocycles. The van der Waals surface area contributed by atoms with Gasteiger partial charge >= 0.3 is 0 Å². The van der Waals surface area contributed by atoms with Crippen molar-refractivity contribution in [1.29, 1.82) is 0 Å².